The molecule has 0 unspecified atom stereocenters. The van der Waals surface area contributed by atoms with E-state index in [1.807, 2.05) is 18.7 Å². The second-order valence-corrected chi connectivity index (χ2v) is 9.54. The van der Waals surface area contributed by atoms with Crippen LogP contribution in [0.4, 0.5) is 8.78 Å². The summed E-state index contributed by atoms with van der Waals surface area (Å²) in [5, 5.41) is 0. The molecule has 4 nitrogen and oxygen atoms in total. The zero-order chi connectivity index (χ0) is 18.2. The first-order chi connectivity index (χ1) is 11.8. The van der Waals surface area contributed by atoms with Crippen molar-refractivity contribution in [2.45, 2.75) is 25.3 Å². The number of piperazine rings is 1. The van der Waals surface area contributed by atoms with Crippen molar-refractivity contribution in [2.75, 3.05) is 26.2 Å². The van der Waals surface area contributed by atoms with Crippen molar-refractivity contribution < 1.29 is 17.2 Å². The summed E-state index contributed by atoms with van der Waals surface area (Å²) in [6.45, 7) is 5.62. The molecule has 1 aromatic heterocycles. The largest absolute Gasteiger partial charge is 0.296 e. The average Bonchev–Trinajstić information content (AvgIpc) is 2.92. The van der Waals surface area contributed by atoms with Gasteiger partial charge in [0.15, 0.2) is 11.6 Å². The lowest BCUT2D eigenvalue weighted by Crippen LogP contribution is -2.48. The van der Waals surface area contributed by atoms with Gasteiger partial charge in [-0.05, 0) is 26.0 Å². The Labute approximate surface area is 150 Å². The predicted octanol–water partition coefficient (Wildman–Crippen LogP) is 3.15. The van der Waals surface area contributed by atoms with Gasteiger partial charge in [0.25, 0.3) is 0 Å². The second-order valence-electron chi connectivity index (χ2n) is 6.17. The molecule has 0 saturated carbocycles. The molecule has 0 radical (unpaired) electrons. The van der Waals surface area contributed by atoms with Gasteiger partial charge < -0.3 is 0 Å². The number of aryl methyl sites for hydroxylation is 2. The van der Waals surface area contributed by atoms with Gasteiger partial charge in [-0.1, -0.05) is 12.1 Å². The molecular formula is C17H20F2N2O2S2. The van der Waals surface area contributed by atoms with E-state index in [9.17, 15) is 17.2 Å². The molecule has 0 N–H and O–H groups in total. The van der Waals surface area contributed by atoms with Crippen LogP contribution in [0.5, 0.6) is 0 Å². The molecule has 0 atom stereocenters. The number of nitrogens with zero attached hydrogens (tertiary/aromatic N) is 2. The first-order valence-corrected chi connectivity index (χ1v) is 10.3. The van der Waals surface area contributed by atoms with Crippen LogP contribution in [0.2, 0.25) is 0 Å². The summed E-state index contributed by atoms with van der Waals surface area (Å²) in [7, 11) is -3.50. The summed E-state index contributed by atoms with van der Waals surface area (Å²) in [6, 6.07) is 5.84. The fourth-order valence-corrected chi connectivity index (χ4v) is 5.99. The maximum Gasteiger partial charge on any atom is 0.244 e. The Hall–Kier alpha value is -1.35. The van der Waals surface area contributed by atoms with Crippen LogP contribution in [-0.4, -0.2) is 43.8 Å². The molecule has 0 aliphatic carbocycles. The van der Waals surface area contributed by atoms with Crippen molar-refractivity contribution in [1.29, 1.82) is 0 Å². The molecule has 0 amide bonds. The molecule has 3 rings (SSSR count). The van der Waals surface area contributed by atoms with Crippen LogP contribution in [0.15, 0.2) is 29.2 Å². The molecule has 1 aliphatic rings. The highest BCUT2D eigenvalue weighted by atomic mass is 32.2. The van der Waals surface area contributed by atoms with Gasteiger partial charge in [0, 0.05) is 48.0 Å². The number of thiophene rings is 1. The molecule has 0 spiro atoms. The Morgan fingerprint density at radius 1 is 1.12 bits per heavy atom. The minimum absolute atomic E-state index is 0.272. The number of sulfonamides is 1. The first kappa shape index (κ1) is 18.4. The summed E-state index contributed by atoms with van der Waals surface area (Å²) >= 11 is 1.47. The van der Waals surface area contributed by atoms with Gasteiger partial charge in [0.05, 0.1) is 4.90 Å². The minimum atomic E-state index is -3.50. The van der Waals surface area contributed by atoms with Gasteiger partial charge in [0.1, 0.15) is 0 Å². The van der Waals surface area contributed by atoms with Gasteiger partial charge in [-0.2, -0.15) is 4.31 Å². The molecule has 2 aromatic rings. The van der Waals surface area contributed by atoms with E-state index in [1.54, 1.807) is 12.1 Å². The molecule has 2 heterocycles. The lowest BCUT2D eigenvalue weighted by atomic mass is 10.2. The molecule has 0 bridgehead atoms. The second kappa shape index (κ2) is 7.11. The molecule has 8 heteroatoms. The smallest absolute Gasteiger partial charge is 0.244 e. The molecule has 1 fully saturated rings. The van der Waals surface area contributed by atoms with E-state index in [0.717, 1.165) is 15.8 Å². The normalized spacial score (nSPS) is 17.1. The predicted molar refractivity (Wildman–Crippen MR) is 94.2 cm³/mol. The zero-order valence-electron chi connectivity index (χ0n) is 14.1. The van der Waals surface area contributed by atoms with Crippen molar-refractivity contribution in [1.82, 2.24) is 9.21 Å². The number of rotatable bonds is 4. The van der Waals surface area contributed by atoms with E-state index in [2.05, 4.69) is 0 Å². The number of benzene rings is 1. The van der Waals surface area contributed by atoms with E-state index >= 15 is 0 Å². The monoisotopic (exact) mass is 386 g/mol. The molecule has 1 aliphatic heterocycles. The maximum absolute atomic E-state index is 13.8. The van der Waals surface area contributed by atoms with Crippen molar-refractivity contribution in [3.05, 3.63) is 51.2 Å². The van der Waals surface area contributed by atoms with Gasteiger partial charge in [-0.25, -0.2) is 17.2 Å². The van der Waals surface area contributed by atoms with Crippen molar-refractivity contribution in [2.24, 2.45) is 0 Å². The lowest BCUT2D eigenvalue weighted by molar-refractivity contribution is 0.179. The molecule has 25 heavy (non-hydrogen) atoms. The van der Waals surface area contributed by atoms with Gasteiger partial charge in [-0.15, -0.1) is 11.3 Å². The van der Waals surface area contributed by atoms with Gasteiger partial charge >= 0.3 is 0 Å². The van der Waals surface area contributed by atoms with Crippen molar-refractivity contribution in [3.63, 3.8) is 0 Å². The minimum Gasteiger partial charge on any atom is -0.296 e. The Morgan fingerprint density at radius 2 is 1.80 bits per heavy atom. The van der Waals surface area contributed by atoms with E-state index in [1.165, 1.54) is 21.7 Å². The quantitative estimate of drug-likeness (QED) is 0.811. The third kappa shape index (κ3) is 3.76. The maximum atomic E-state index is 13.8. The molecule has 1 aromatic carbocycles. The van der Waals surface area contributed by atoms with Crippen LogP contribution in [0.3, 0.4) is 0 Å². The number of hydrogen-bond donors (Lipinski definition) is 0. The standard InChI is InChI=1S/C17H20F2N2O2S2/c1-12-10-16(13(2)24-12)25(22,23)21-8-6-20(7-9-21)11-14-4-3-5-15(18)17(14)19/h3-5,10H,6-9,11H2,1-2H3. The van der Waals surface area contributed by atoms with E-state index < -0.39 is 21.7 Å². The highest BCUT2D eigenvalue weighted by Crippen LogP contribution is 2.28. The van der Waals surface area contributed by atoms with Gasteiger partial charge in [0.2, 0.25) is 10.0 Å². The SMILES string of the molecule is Cc1cc(S(=O)(=O)N2CCN(Cc3cccc(F)c3F)CC2)c(C)s1. The highest BCUT2D eigenvalue weighted by Gasteiger charge is 2.30. The first-order valence-electron chi connectivity index (χ1n) is 8.01. The topological polar surface area (TPSA) is 40.6 Å². The van der Waals surface area contributed by atoms with Crippen LogP contribution in [-0.2, 0) is 16.6 Å². The van der Waals surface area contributed by atoms with E-state index in [0.29, 0.717) is 36.6 Å². The van der Waals surface area contributed by atoms with Crippen LogP contribution >= 0.6 is 11.3 Å². The highest BCUT2D eigenvalue weighted by molar-refractivity contribution is 7.89. The Balaban J connectivity index is 1.67. The molecule has 1 saturated heterocycles. The summed E-state index contributed by atoms with van der Waals surface area (Å²) in [6.07, 6.45) is 0. The van der Waals surface area contributed by atoms with Crippen molar-refractivity contribution >= 4 is 21.4 Å². The molecular weight excluding hydrogens is 366 g/mol. The van der Waals surface area contributed by atoms with Crippen LogP contribution in [0, 0.1) is 25.5 Å². The summed E-state index contributed by atoms with van der Waals surface area (Å²) < 4.78 is 54.1. The van der Waals surface area contributed by atoms with Crippen molar-refractivity contribution in [3.8, 4) is 0 Å². The lowest BCUT2D eigenvalue weighted by Gasteiger charge is -2.34. The molecule has 136 valence electrons. The summed E-state index contributed by atoms with van der Waals surface area (Å²) in [5.74, 6) is -1.69. The average molecular weight is 386 g/mol. The number of halogens is 2. The van der Waals surface area contributed by atoms with Gasteiger partial charge in [-0.3, -0.25) is 4.90 Å². The third-order valence-electron chi connectivity index (χ3n) is 4.37. The zero-order valence-corrected chi connectivity index (χ0v) is 15.8. The Morgan fingerprint density at radius 3 is 2.40 bits per heavy atom. The van der Waals surface area contributed by atoms with Crippen LogP contribution in [0.25, 0.3) is 0 Å². The fraction of sp³-hybridized carbons (Fsp3) is 0.412. The van der Waals surface area contributed by atoms with E-state index in [-0.39, 0.29) is 6.54 Å². The number of hydrogen-bond acceptors (Lipinski definition) is 4. The fourth-order valence-electron chi connectivity index (χ4n) is 3.04. The van der Waals surface area contributed by atoms with Crippen LogP contribution < -0.4 is 0 Å². The summed E-state index contributed by atoms with van der Waals surface area (Å²) in [4.78, 5) is 4.08. The summed E-state index contributed by atoms with van der Waals surface area (Å²) in [5.41, 5.74) is 0.292. The van der Waals surface area contributed by atoms with Crippen LogP contribution in [0.1, 0.15) is 15.3 Å². The Bertz CT molecular complexity index is 873. The Kier molecular flexibility index (Phi) is 5.24. The third-order valence-corrected chi connectivity index (χ3v) is 7.49. The van der Waals surface area contributed by atoms with E-state index in [4.69, 9.17) is 0 Å².